The standard InChI is InChI=1S/C46H72N8O11/c1-3-60-32-39-50-43-44(54(39)33-46(2,34-55)35-56)37-9-8-36(31-38(37)49-45(43)47)7-6-15-52-18-16-51(17-19-52)14-5-4-13-48-40(57)12-21-61-23-25-63-27-29-65-30-28-64-26-24-62-22-20-53-41(58)10-11-42(53)59/h8-11,31,55-56H,3-7,12-30,32-35H2,1-2H3,(H2,47,49)(H,48,57). The fraction of sp³-hybridized carbons (Fsp3) is 0.674. The second-order valence-corrected chi connectivity index (χ2v) is 16.7. The molecule has 362 valence electrons. The number of nitrogens with one attached hydrogen (secondary N) is 1. The maximum Gasteiger partial charge on any atom is 0.253 e. The van der Waals surface area contributed by atoms with Crippen LogP contribution in [0, 0.1) is 5.41 Å². The zero-order valence-electron chi connectivity index (χ0n) is 38.5. The monoisotopic (exact) mass is 913 g/mol. The number of piperazine rings is 1. The number of ether oxygens (including phenoxy) is 6. The average Bonchev–Trinajstić information content (AvgIpc) is 3.84. The molecular weight excluding hydrogens is 841 g/mol. The Kier molecular flexibility index (Phi) is 22.4. The number of aromatic nitrogens is 3. The predicted octanol–water partition coefficient (Wildman–Crippen LogP) is 1.54. The number of carbonyl (C=O) groups excluding carboxylic acids is 3. The molecule has 0 saturated carbocycles. The van der Waals surface area contributed by atoms with Crippen LogP contribution in [0.5, 0.6) is 0 Å². The highest BCUT2D eigenvalue weighted by Crippen LogP contribution is 2.32. The van der Waals surface area contributed by atoms with E-state index in [0.29, 0.717) is 109 Å². The zero-order valence-corrected chi connectivity index (χ0v) is 38.5. The van der Waals surface area contributed by atoms with Crippen molar-refractivity contribution in [2.45, 2.75) is 59.1 Å². The number of hydrogen-bond donors (Lipinski definition) is 4. The minimum atomic E-state index is -0.748. The molecule has 3 amide bonds. The quantitative estimate of drug-likeness (QED) is 0.0493. The van der Waals surface area contributed by atoms with E-state index in [1.54, 1.807) is 0 Å². The van der Waals surface area contributed by atoms with Gasteiger partial charge in [-0.05, 0) is 57.3 Å². The summed E-state index contributed by atoms with van der Waals surface area (Å²) in [6, 6.07) is 6.36. The highest BCUT2D eigenvalue weighted by atomic mass is 16.6. The van der Waals surface area contributed by atoms with Crippen molar-refractivity contribution in [1.82, 2.24) is 34.6 Å². The summed E-state index contributed by atoms with van der Waals surface area (Å²) in [6.45, 7) is 15.7. The maximum atomic E-state index is 12.2. The van der Waals surface area contributed by atoms with E-state index in [4.69, 9.17) is 44.1 Å². The zero-order chi connectivity index (χ0) is 46.3. The highest BCUT2D eigenvalue weighted by Gasteiger charge is 2.28. The van der Waals surface area contributed by atoms with Gasteiger partial charge in [0.15, 0.2) is 5.82 Å². The van der Waals surface area contributed by atoms with Crippen LogP contribution < -0.4 is 11.1 Å². The van der Waals surface area contributed by atoms with Crippen LogP contribution in [0.4, 0.5) is 5.82 Å². The van der Waals surface area contributed by atoms with Crippen LogP contribution in [-0.2, 0) is 62.4 Å². The summed E-state index contributed by atoms with van der Waals surface area (Å²) < 4.78 is 35.1. The van der Waals surface area contributed by atoms with Gasteiger partial charge in [-0.3, -0.25) is 19.3 Å². The molecule has 0 aliphatic carbocycles. The lowest BCUT2D eigenvalue weighted by Crippen LogP contribution is -2.46. The fourth-order valence-electron chi connectivity index (χ4n) is 7.64. The first-order valence-corrected chi connectivity index (χ1v) is 23.1. The van der Waals surface area contributed by atoms with Crippen molar-refractivity contribution < 1.29 is 53.0 Å². The molecule has 2 aliphatic heterocycles. The van der Waals surface area contributed by atoms with E-state index in [1.807, 2.05) is 18.4 Å². The van der Waals surface area contributed by atoms with Crippen molar-refractivity contribution in [3.05, 3.63) is 41.7 Å². The van der Waals surface area contributed by atoms with Gasteiger partial charge in [-0.15, -0.1) is 0 Å². The molecule has 19 heteroatoms. The van der Waals surface area contributed by atoms with E-state index in [-0.39, 0.29) is 44.1 Å². The van der Waals surface area contributed by atoms with Gasteiger partial charge in [-0.25, -0.2) is 9.97 Å². The molecule has 1 saturated heterocycles. The van der Waals surface area contributed by atoms with E-state index >= 15 is 0 Å². The SMILES string of the molecule is CCOCc1nc2c(N)nc3cc(CCCN4CCN(CCCCNC(=O)CCOCCOCCOCCOCCOCCN5C(=O)C=CC5=O)CC4)ccc3c2n1CC(C)(CO)CO. The number of unbranched alkanes of at least 4 members (excludes halogenated alkanes) is 1. The number of rotatable bonds is 34. The summed E-state index contributed by atoms with van der Waals surface area (Å²) in [6.07, 6.45) is 6.77. The number of imide groups is 1. The third kappa shape index (κ3) is 16.9. The average molecular weight is 913 g/mol. The van der Waals surface area contributed by atoms with Gasteiger partial charge in [0.1, 0.15) is 17.9 Å². The molecule has 0 radical (unpaired) electrons. The third-order valence-corrected chi connectivity index (χ3v) is 11.5. The van der Waals surface area contributed by atoms with Crippen molar-refractivity contribution >= 4 is 45.5 Å². The molecule has 2 aliphatic rings. The molecule has 3 aromatic rings. The van der Waals surface area contributed by atoms with Gasteiger partial charge < -0.3 is 64.1 Å². The molecule has 0 spiro atoms. The van der Waals surface area contributed by atoms with Crippen molar-refractivity contribution in [1.29, 1.82) is 0 Å². The Morgan fingerprint density at radius 1 is 0.769 bits per heavy atom. The first-order chi connectivity index (χ1) is 31.6. The number of nitrogen functional groups attached to an aromatic ring is 1. The number of aliphatic hydroxyl groups excluding tert-OH is 2. The molecule has 0 bridgehead atoms. The first kappa shape index (κ1) is 51.8. The number of hydrogen-bond acceptors (Lipinski definition) is 16. The lowest BCUT2D eigenvalue weighted by molar-refractivity contribution is -0.137. The van der Waals surface area contributed by atoms with Crippen LogP contribution >= 0.6 is 0 Å². The van der Waals surface area contributed by atoms with Crippen molar-refractivity contribution in [2.75, 3.05) is 144 Å². The second-order valence-electron chi connectivity index (χ2n) is 16.7. The molecule has 19 nitrogen and oxygen atoms in total. The number of anilines is 1. The molecule has 1 aromatic carbocycles. The van der Waals surface area contributed by atoms with Gasteiger partial charge >= 0.3 is 0 Å². The van der Waals surface area contributed by atoms with Crippen molar-refractivity contribution in [2.24, 2.45) is 5.41 Å². The van der Waals surface area contributed by atoms with Crippen LogP contribution in [0.15, 0.2) is 30.4 Å². The summed E-state index contributed by atoms with van der Waals surface area (Å²) in [5, 5.41) is 24.1. The number of fused-ring (bicyclic) bond motifs is 3. The van der Waals surface area contributed by atoms with Gasteiger partial charge in [-0.1, -0.05) is 19.1 Å². The Labute approximate surface area is 382 Å². The van der Waals surface area contributed by atoms with Crippen LogP contribution in [-0.4, -0.2) is 195 Å². The Bertz CT molecular complexity index is 1930. The van der Waals surface area contributed by atoms with Gasteiger partial charge in [0.25, 0.3) is 11.8 Å². The fourth-order valence-corrected chi connectivity index (χ4v) is 7.64. The van der Waals surface area contributed by atoms with Gasteiger partial charge in [0, 0.05) is 75.2 Å². The summed E-state index contributed by atoms with van der Waals surface area (Å²) in [5.41, 5.74) is 9.17. The molecule has 0 unspecified atom stereocenters. The number of aryl methyl sites for hydroxylation is 1. The summed E-state index contributed by atoms with van der Waals surface area (Å²) in [4.78, 5) is 50.9. The van der Waals surface area contributed by atoms with Crippen LogP contribution in [0.1, 0.15) is 50.9 Å². The van der Waals surface area contributed by atoms with E-state index in [9.17, 15) is 24.6 Å². The van der Waals surface area contributed by atoms with Gasteiger partial charge in [-0.2, -0.15) is 0 Å². The topological polar surface area (TPSA) is 226 Å². The lowest BCUT2D eigenvalue weighted by Gasteiger charge is -2.34. The number of pyridine rings is 1. The summed E-state index contributed by atoms with van der Waals surface area (Å²) in [7, 11) is 0. The van der Waals surface area contributed by atoms with Crippen LogP contribution in [0.25, 0.3) is 21.9 Å². The van der Waals surface area contributed by atoms with E-state index in [0.717, 1.165) is 86.3 Å². The Morgan fingerprint density at radius 2 is 1.35 bits per heavy atom. The normalized spacial score (nSPS) is 15.1. The number of carbonyl (C=O) groups is 3. The van der Waals surface area contributed by atoms with Crippen molar-refractivity contribution in [3.63, 3.8) is 0 Å². The minimum Gasteiger partial charge on any atom is -0.396 e. The second kappa shape index (κ2) is 28.1. The van der Waals surface area contributed by atoms with Crippen molar-refractivity contribution in [3.8, 4) is 0 Å². The molecular formula is C46H72N8O11. The number of amides is 3. The van der Waals surface area contributed by atoms with E-state index in [2.05, 4.69) is 33.3 Å². The van der Waals surface area contributed by atoms with Crippen LogP contribution in [0.3, 0.4) is 0 Å². The molecule has 2 aromatic heterocycles. The smallest absolute Gasteiger partial charge is 0.253 e. The number of benzene rings is 1. The molecule has 65 heavy (non-hydrogen) atoms. The Hall–Kier alpha value is -4.15. The van der Waals surface area contributed by atoms with Gasteiger partial charge in [0.2, 0.25) is 5.91 Å². The van der Waals surface area contributed by atoms with Crippen LogP contribution in [0.2, 0.25) is 0 Å². The number of imidazole rings is 1. The first-order valence-electron chi connectivity index (χ1n) is 23.1. The molecule has 0 atom stereocenters. The Morgan fingerprint density at radius 3 is 1.95 bits per heavy atom. The maximum absolute atomic E-state index is 12.2. The third-order valence-electron chi connectivity index (χ3n) is 11.5. The summed E-state index contributed by atoms with van der Waals surface area (Å²) >= 11 is 0. The van der Waals surface area contributed by atoms with E-state index < -0.39 is 5.41 Å². The summed E-state index contributed by atoms with van der Waals surface area (Å²) in [5.74, 6) is 0.408. The van der Waals surface area contributed by atoms with E-state index in [1.165, 1.54) is 17.7 Å². The largest absolute Gasteiger partial charge is 0.396 e. The number of aliphatic hydroxyl groups is 2. The molecule has 5 N–H and O–H groups in total. The molecule has 4 heterocycles. The molecule has 5 rings (SSSR count). The molecule has 1 fully saturated rings. The number of nitrogens with zero attached hydrogens (tertiary/aromatic N) is 6. The van der Waals surface area contributed by atoms with Gasteiger partial charge in [0.05, 0.1) is 96.9 Å². The number of nitrogens with two attached hydrogens (primary N) is 1. The minimum absolute atomic E-state index is 0.00396. The highest BCUT2D eigenvalue weighted by molar-refractivity contribution is 6.12. The lowest BCUT2D eigenvalue weighted by atomic mass is 9.92. The predicted molar refractivity (Wildman–Crippen MR) is 245 cm³/mol. The Balaban J connectivity index is 0.837.